The monoisotopic (exact) mass is 484 g/mol. The second-order valence-corrected chi connectivity index (χ2v) is 9.64. The number of nitrogens with one attached hydrogen (secondary N) is 2. The van der Waals surface area contributed by atoms with Gasteiger partial charge in [0.15, 0.2) is 0 Å². The molecule has 0 unspecified atom stereocenters. The Bertz CT molecular complexity index is 1270. The summed E-state index contributed by atoms with van der Waals surface area (Å²) in [4.78, 5) is 12.6. The Morgan fingerprint density at radius 2 is 1.88 bits per heavy atom. The molecule has 3 aromatic rings. The third-order valence-electron chi connectivity index (χ3n) is 5.43. The molecule has 1 aliphatic heterocycles. The number of benzene rings is 3. The van der Waals surface area contributed by atoms with Crippen LogP contribution in [0.15, 0.2) is 71.6 Å². The first-order valence-electron chi connectivity index (χ1n) is 10.9. The van der Waals surface area contributed by atoms with E-state index in [-0.39, 0.29) is 16.7 Å². The van der Waals surface area contributed by atoms with Crippen molar-refractivity contribution in [2.24, 2.45) is 0 Å². The van der Waals surface area contributed by atoms with Crippen LogP contribution in [0, 0.1) is 12.7 Å². The van der Waals surface area contributed by atoms with Crippen molar-refractivity contribution >= 4 is 27.3 Å². The number of hydrogen-bond acceptors (Lipinski definition) is 5. The number of sulfonamides is 1. The SMILES string of the molecule is Cc1ccc(NC(=O)c2ccc(OC[C@@H]3CCCO3)cc2)cc1S(=O)(=O)Nc1ccccc1F. The molecule has 3 aromatic carbocycles. The van der Waals surface area contributed by atoms with Gasteiger partial charge < -0.3 is 14.8 Å². The minimum atomic E-state index is -4.08. The van der Waals surface area contributed by atoms with E-state index in [2.05, 4.69) is 10.0 Å². The van der Waals surface area contributed by atoms with Crippen LogP contribution in [0.2, 0.25) is 0 Å². The van der Waals surface area contributed by atoms with Gasteiger partial charge in [-0.1, -0.05) is 18.2 Å². The molecule has 1 fully saturated rings. The molecule has 0 bridgehead atoms. The van der Waals surface area contributed by atoms with Crippen molar-refractivity contribution in [1.29, 1.82) is 0 Å². The predicted octanol–water partition coefficient (Wildman–Crippen LogP) is 4.75. The Morgan fingerprint density at radius 1 is 1.12 bits per heavy atom. The average Bonchev–Trinajstić information content (AvgIpc) is 3.34. The number of hydrogen-bond donors (Lipinski definition) is 2. The van der Waals surface area contributed by atoms with Crippen LogP contribution in [0.4, 0.5) is 15.8 Å². The zero-order chi connectivity index (χ0) is 24.1. The lowest BCUT2D eigenvalue weighted by molar-refractivity contribution is 0.0679. The number of carbonyl (C=O) groups excluding carboxylic acids is 1. The van der Waals surface area contributed by atoms with E-state index in [1.807, 2.05) is 0 Å². The number of carbonyl (C=O) groups is 1. The van der Waals surface area contributed by atoms with E-state index in [9.17, 15) is 17.6 Å². The Kier molecular flexibility index (Phi) is 7.14. The number of amides is 1. The molecule has 34 heavy (non-hydrogen) atoms. The average molecular weight is 485 g/mol. The first-order chi connectivity index (χ1) is 16.3. The van der Waals surface area contributed by atoms with Crippen LogP contribution in [0.25, 0.3) is 0 Å². The summed E-state index contributed by atoms with van der Waals surface area (Å²) in [6.07, 6.45) is 2.11. The smallest absolute Gasteiger partial charge is 0.262 e. The van der Waals surface area contributed by atoms with Crippen LogP contribution in [0.1, 0.15) is 28.8 Å². The van der Waals surface area contributed by atoms with Gasteiger partial charge in [-0.2, -0.15) is 0 Å². The van der Waals surface area contributed by atoms with Gasteiger partial charge in [0, 0.05) is 17.9 Å². The van der Waals surface area contributed by atoms with Gasteiger partial charge in [-0.25, -0.2) is 12.8 Å². The molecule has 0 spiro atoms. The summed E-state index contributed by atoms with van der Waals surface area (Å²) in [5.41, 5.74) is 0.981. The van der Waals surface area contributed by atoms with E-state index in [0.29, 0.717) is 29.2 Å². The van der Waals surface area contributed by atoms with Crippen LogP contribution in [0.3, 0.4) is 0 Å². The van der Waals surface area contributed by atoms with E-state index in [4.69, 9.17) is 9.47 Å². The molecule has 0 saturated carbocycles. The van der Waals surface area contributed by atoms with Gasteiger partial charge in [-0.05, 0) is 73.9 Å². The van der Waals surface area contributed by atoms with E-state index in [0.717, 1.165) is 19.4 Å². The van der Waals surface area contributed by atoms with Crippen LogP contribution in [-0.2, 0) is 14.8 Å². The third-order valence-corrected chi connectivity index (χ3v) is 6.94. The summed E-state index contributed by atoms with van der Waals surface area (Å²) >= 11 is 0. The number of aryl methyl sites for hydroxylation is 1. The molecule has 1 amide bonds. The van der Waals surface area contributed by atoms with Crippen molar-refractivity contribution in [3.05, 3.63) is 83.7 Å². The van der Waals surface area contributed by atoms with Crippen molar-refractivity contribution in [3.63, 3.8) is 0 Å². The zero-order valence-electron chi connectivity index (χ0n) is 18.6. The maximum absolute atomic E-state index is 13.9. The topological polar surface area (TPSA) is 93.7 Å². The predicted molar refractivity (Wildman–Crippen MR) is 127 cm³/mol. The molecule has 0 aliphatic carbocycles. The molecular weight excluding hydrogens is 459 g/mol. The second-order valence-electron chi connectivity index (χ2n) is 7.99. The van der Waals surface area contributed by atoms with Crippen LogP contribution < -0.4 is 14.8 Å². The van der Waals surface area contributed by atoms with Gasteiger partial charge in [-0.15, -0.1) is 0 Å². The lowest BCUT2D eigenvalue weighted by Gasteiger charge is -2.13. The highest BCUT2D eigenvalue weighted by Gasteiger charge is 2.20. The lowest BCUT2D eigenvalue weighted by atomic mass is 10.2. The third kappa shape index (κ3) is 5.73. The summed E-state index contributed by atoms with van der Waals surface area (Å²) in [5.74, 6) is -0.452. The maximum atomic E-state index is 13.9. The van der Waals surface area contributed by atoms with Gasteiger partial charge in [0.1, 0.15) is 18.2 Å². The maximum Gasteiger partial charge on any atom is 0.262 e. The van der Waals surface area contributed by atoms with Crippen LogP contribution in [0.5, 0.6) is 5.75 Å². The molecule has 0 radical (unpaired) electrons. The first kappa shape index (κ1) is 23.7. The lowest BCUT2D eigenvalue weighted by Crippen LogP contribution is -2.17. The fourth-order valence-electron chi connectivity index (χ4n) is 3.58. The van der Waals surface area contributed by atoms with Gasteiger partial charge in [-0.3, -0.25) is 9.52 Å². The minimum absolute atomic E-state index is 0.0635. The Hall–Kier alpha value is -3.43. The molecule has 0 aromatic heterocycles. The summed E-state index contributed by atoms with van der Waals surface area (Å²) in [5, 5.41) is 2.70. The molecule has 1 aliphatic rings. The highest BCUT2D eigenvalue weighted by atomic mass is 32.2. The quantitative estimate of drug-likeness (QED) is 0.482. The van der Waals surface area contributed by atoms with Gasteiger partial charge in [0.25, 0.3) is 15.9 Å². The molecule has 1 atom stereocenters. The molecule has 2 N–H and O–H groups in total. The number of para-hydroxylation sites is 1. The van der Waals surface area contributed by atoms with Gasteiger partial charge >= 0.3 is 0 Å². The Balaban J connectivity index is 1.44. The van der Waals surface area contributed by atoms with Crippen molar-refractivity contribution in [1.82, 2.24) is 0 Å². The fraction of sp³-hybridized carbons (Fsp3) is 0.240. The van der Waals surface area contributed by atoms with E-state index in [1.165, 1.54) is 30.3 Å². The van der Waals surface area contributed by atoms with Gasteiger partial charge in [0.2, 0.25) is 0 Å². The Labute approximate surface area is 198 Å². The number of rotatable bonds is 8. The molecule has 9 heteroatoms. The summed E-state index contributed by atoms with van der Waals surface area (Å²) < 4.78 is 53.2. The van der Waals surface area contributed by atoms with Crippen molar-refractivity contribution in [2.75, 3.05) is 23.3 Å². The Morgan fingerprint density at radius 3 is 2.59 bits per heavy atom. The highest BCUT2D eigenvalue weighted by Crippen LogP contribution is 2.25. The number of ether oxygens (including phenoxy) is 2. The van der Waals surface area contributed by atoms with Crippen LogP contribution in [-0.4, -0.2) is 33.6 Å². The molecule has 7 nitrogen and oxygen atoms in total. The molecule has 178 valence electrons. The second kappa shape index (κ2) is 10.2. The summed E-state index contributed by atoms with van der Waals surface area (Å²) in [6, 6.07) is 16.7. The van der Waals surface area contributed by atoms with E-state index in [1.54, 1.807) is 43.3 Å². The minimum Gasteiger partial charge on any atom is -0.491 e. The highest BCUT2D eigenvalue weighted by molar-refractivity contribution is 7.92. The van der Waals surface area contributed by atoms with Gasteiger partial charge in [0.05, 0.1) is 16.7 Å². The number of anilines is 2. The van der Waals surface area contributed by atoms with Crippen LogP contribution >= 0.6 is 0 Å². The standard InChI is InChI=1S/C25H25FN2O5S/c1-17-8-11-19(15-24(17)34(30,31)28-23-7-3-2-6-22(23)26)27-25(29)18-9-12-20(13-10-18)33-16-21-5-4-14-32-21/h2-3,6-13,15,21,28H,4-5,14,16H2,1H3,(H,27,29)/t21-/m0/s1. The normalized spacial score (nSPS) is 15.6. The zero-order valence-corrected chi connectivity index (χ0v) is 19.4. The summed E-state index contributed by atoms with van der Waals surface area (Å²) in [7, 11) is -4.08. The first-order valence-corrected chi connectivity index (χ1v) is 12.3. The fourth-order valence-corrected chi connectivity index (χ4v) is 4.92. The summed E-state index contributed by atoms with van der Waals surface area (Å²) in [6.45, 7) is 2.85. The van der Waals surface area contributed by atoms with Crippen molar-refractivity contribution in [2.45, 2.75) is 30.8 Å². The van der Waals surface area contributed by atoms with Crippen molar-refractivity contribution < 1.29 is 27.1 Å². The number of halogens is 1. The molecule has 1 saturated heterocycles. The molecular formula is C25H25FN2O5S. The van der Waals surface area contributed by atoms with E-state index >= 15 is 0 Å². The molecule has 4 rings (SSSR count). The van der Waals surface area contributed by atoms with Crippen molar-refractivity contribution in [3.8, 4) is 5.75 Å². The van der Waals surface area contributed by atoms with E-state index < -0.39 is 21.7 Å². The largest absolute Gasteiger partial charge is 0.491 e. The molecule has 1 heterocycles.